The first-order chi connectivity index (χ1) is 10.7. The van der Waals surface area contributed by atoms with Crippen LogP contribution in [0.15, 0.2) is 24.3 Å². The van der Waals surface area contributed by atoms with Crippen LogP contribution in [0.2, 0.25) is 0 Å². The number of carbonyl (C=O) groups is 2. The monoisotopic (exact) mass is 333 g/mol. The van der Waals surface area contributed by atoms with Gasteiger partial charge in [0.25, 0.3) is 5.91 Å². The molecule has 0 bridgehead atoms. The molecule has 1 aliphatic carbocycles. The molecule has 23 heavy (non-hydrogen) atoms. The molecule has 0 saturated heterocycles. The number of hydrogen-bond acceptors (Lipinski definition) is 2. The predicted octanol–water partition coefficient (Wildman–Crippen LogP) is 3.09. The number of rotatable bonds is 4. The molecule has 1 aromatic rings. The molecule has 0 heterocycles. The summed E-state index contributed by atoms with van der Waals surface area (Å²) in [5.41, 5.74) is -1.14. The standard InChI is InChI=1S/C15H15F4NO3/c16-12(8-4-6-9(7-5-8)15(17,18)19)13(21)20-11-3-1-2-10(11)14(22)23/h4-7,10-12H,1-3H2,(H,20,21)(H,22,23)/t10-,11+,12?/m1/s1. The molecule has 0 aromatic heterocycles. The Morgan fingerprint density at radius 2 is 1.78 bits per heavy atom. The van der Waals surface area contributed by atoms with Gasteiger partial charge in [0.1, 0.15) is 0 Å². The molecule has 1 amide bonds. The maximum absolute atomic E-state index is 14.1. The van der Waals surface area contributed by atoms with Crippen molar-refractivity contribution < 1.29 is 32.3 Å². The Bertz CT molecular complexity index is 585. The van der Waals surface area contributed by atoms with Gasteiger partial charge in [-0.15, -0.1) is 0 Å². The molecule has 8 heteroatoms. The molecule has 1 aliphatic rings. The Morgan fingerprint density at radius 1 is 1.17 bits per heavy atom. The molecule has 1 aromatic carbocycles. The summed E-state index contributed by atoms with van der Waals surface area (Å²) in [5.74, 6) is -2.86. The normalized spacial score (nSPS) is 22.6. The lowest BCUT2D eigenvalue weighted by atomic mass is 10.0. The van der Waals surface area contributed by atoms with Gasteiger partial charge < -0.3 is 10.4 Å². The summed E-state index contributed by atoms with van der Waals surface area (Å²) >= 11 is 0. The van der Waals surface area contributed by atoms with Gasteiger partial charge in [0.05, 0.1) is 11.5 Å². The van der Waals surface area contributed by atoms with Crippen LogP contribution in [0.25, 0.3) is 0 Å². The van der Waals surface area contributed by atoms with Crippen LogP contribution in [0, 0.1) is 5.92 Å². The van der Waals surface area contributed by atoms with E-state index in [2.05, 4.69) is 5.32 Å². The van der Waals surface area contributed by atoms with Crippen molar-refractivity contribution in [1.29, 1.82) is 0 Å². The fourth-order valence-corrected chi connectivity index (χ4v) is 2.68. The first-order valence-corrected chi connectivity index (χ1v) is 7.04. The zero-order chi connectivity index (χ0) is 17.2. The summed E-state index contributed by atoms with van der Waals surface area (Å²) in [6.45, 7) is 0. The Hall–Kier alpha value is -2.12. The van der Waals surface area contributed by atoms with Gasteiger partial charge in [-0.1, -0.05) is 18.6 Å². The maximum atomic E-state index is 14.1. The van der Waals surface area contributed by atoms with Crippen LogP contribution in [0.5, 0.6) is 0 Å². The number of carbonyl (C=O) groups excluding carboxylic acids is 1. The van der Waals surface area contributed by atoms with Crippen LogP contribution in [0.3, 0.4) is 0 Å². The molecule has 0 radical (unpaired) electrons. The molecule has 126 valence electrons. The number of nitrogens with one attached hydrogen (secondary N) is 1. The number of carboxylic acid groups (broad SMARTS) is 1. The van der Waals surface area contributed by atoms with E-state index in [-0.39, 0.29) is 5.56 Å². The minimum absolute atomic E-state index is 0.208. The summed E-state index contributed by atoms with van der Waals surface area (Å²) in [6, 6.07) is 2.54. The number of amides is 1. The molecular weight excluding hydrogens is 318 g/mol. The zero-order valence-corrected chi connectivity index (χ0v) is 11.9. The number of alkyl halides is 4. The van der Waals surface area contributed by atoms with E-state index >= 15 is 0 Å². The summed E-state index contributed by atoms with van der Waals surface area (Å²) in [7, 11) is 0. The third-order valence-electron chi connectivity index (χ3n) is 3.92. The first-order valence-electron chi connectivity index (χ1n) is 7.04. The fraction of sp³-hybridized carbons (Fsp3) is 0.467. The van der Waals surface area contributed by atoms with Crippen molar-refractivity contribution in [2.75, 3.05) is 0 Å². The van der Waals surface area contributed by atoms with Crippen LogP contribution in [0.4, 0.5) is 17.6 Å². The van der Waals surface area contributed by atoms with Crippen LogP contribution < -0.4 is 5.32 Å². The largest absolute Gasteiger partial charge is 0.481 e. The summed E-state index contributed by atoms with van der Waals surface area (Å²) < 4.78 is 51.4. The van der Waals surface area contributed by atoms with E-state index < -0.39 is 41.7 Å². The highest BCUT2D eigenvalue weighted by Gasteiger charge is 2.36. The minimum Gasteiger partial charge on any atom is -0.481 e. The molecule has 0 aliphatic heterocycles. The van der Waals surface area contributed by atoms with Gasteiger partial charge in [0, 0.05) is 6.04 Å². The average molecular weight is 333 g/mol. The highest BCUT2D eigenvalue weighted by molar-refractivity contribution is 5.83. The van der Waals surface area contributed by atoms with E-state index in [0.29, 0.717) is 31.4 Å². The van der Waals surface area contributed by atoms with Gasteiger partial charge in [0.2, 0.25) is 6.17 Å². The first kappa shape index (κ1) is 17.2. The Balaban J connectivity index is 2.03. The molecular formula is C15H15F4NO3. The number of aliphatic carboxylic acids is 1. The van der Waals surface area contributed by atoms with Crippen molar-refractivity contribution in [2.45, 2.75) is 37.7 Å². The summed E-state index contributed by atoms with van der Waals surface area (Å²) in [5, 5.41) is 11.3. The number of halogens is 4. The van der Waals surface area contributed by atoms with E-state index in [4.69, 9.17) is 5.11 Å². The molecule has 3 atom stereocenters. The maximum Gasteiger partial charge on any atom is 0.416 e. The lowest BCUT2D eigenvalue weighted by Gasteiger charge is -2.19. The quantitative estimate of drug-likeness (QED) is 0.832. The number of benzene rings is 1. The van der Waals surface area contributed by atoms with E-state index in [1.807, 2.05) is 0 Å². The van der Waals surface area contributed by atoms with Gasteiger partial charge in [-0.05, 0) is 30.5 Å². The number of hydrogen-bond donors (Lipinski definition) is 2. The Kier molecular flexibility index (Phi) is 4.91. The van der Waals surface area contributed by atoms with E-state index in [9.17, 15) is 27.2 Å². The van der Waals surface area contributed by atoms with Crippen molar-refractivity contribution in [1.82, 2.24) is 5.32 Å². The molecule has 0 spiro atoms. The highest BCUT2D eigenvalue weighted by atomic mass is 19.4. The lowest BCUT2D eigenvalue weighted by Crippen LogP contribution is -2.41. The van der Waals surface area contributed by atoms with Crippen LogP contribution in [0.1, 0.15) is 36.6 Å². The van der Waals surface area contributed by atoms with E-state index in [0.717, 1.165) is 12.1 Å². The second-order valence-corrected chi connectivity index (χ2v) is 5.47. The SMILES string of the molecule is O=C(N[C@H]1CCC[C@H]1C(=O)O)C(F)c1ccc(C(F)(F)F)cc1. The molecule has 2 N–H and O–H groups in total. The highest BCUT2D eigenvalue weighted by Crippen LogP contribution is 2.31. The van der Waals surface area contributed by atoms with E-state index in [1.165, 1.54) is 0 Å². The van der Waals surface area contributed by atoms with Crippen LogP contribution in [-0.2, 0) is 15.8 Å². The second-order valence-electron chi connectivity index (χ2n) is 5.47. The third-order valence-corrected chi connectivity index (χ3v) is 3.92. The third kappa shape index (κ3) is 4.00. The zero-order valence-electron chi connectivity index (χ0n) is 11.9. The van der Waals surface area contributed by atoms with Crippen molar-refractivity contribution in [3.8, 4) is 0 Å². The van der Waals surface area contributed by atoms with Crippen molar-refractivity contribution in [3.63, 3.8) is 0 Å². The smallest absolute Gasteiger partial charge is 0.416 e. The summed E-state index contributed by atoms with van der Waals surface area (Å²) in [6.07, 6.45) is -5.24. The molecule has 1 saturated carbocycles. The van der Waals surface area contributed by atoms with Gasteiger partial charge in [-0.3, -0.25) is 9.59 Å². The average Bonchev–Trinajstić information content (AvgIpc) is 2.94. The van der Waals surface area contributed by atoms with Crippen molar-refractivity contribution >= 4 is 11.9 Å². The minimum atomic E-state index is -4.54. The van der Waals surface area contributed by atoms with Gasteiger partial charge in [-0.2, -0.15) is 13.2 Å². The fourth-order valence-electron chi connectivity index (χ4n) is 2.68. The Morgan fingerprint density at radius 3 is 2.30 bits per heavy atom. The van der Waals surface area contributed by atoms with Gasteiger partial charge >= 0.3 is 12.1 Å². The second kappa shape index (κ2) is 6.55. The topological polar surface area (TPSA) is 66.4 Å². The Labute approximate surface area is 129 Å². The molecule has 4 nitrogen and oxygen atoms in total. The molecule has 2 rings (SSSR count). The van der Waals surface area contributed by atoms with E-state index in [1.54, 1.807) is 0 Å². The van der Waals surface area contributed by atoms with Gasteiger partial charge in [0.15, 0.2) is 0 Å². The summed E-state index contributed by atoms with van der Waals surface area (Å²) in [4.78, 5) is 22.9. The molecule has 1 fully saturated rings. The van der Waals surface area contributed by atoms with Crippen LogP contribution >= 0.6 is 0 Å². The predicted molar refractivity (Wildman–Crippen MR) is 72.2 cm³/mol. The van der Waals surface area contributed by atoms with Crippen LogP contribution in [-0.4, -0.2) is 23.0 Å². The molecule has 1 unspecified atom stereocenters. The van der Waals surface area contributed by atoms with Gasteiger partial charge in [-0.25, -0.2) is 4.39 Å². The lowest BCUT2D eigenvalue weighted by molar-refractivity contribution is -0.142. The number of carboxylic acids is 1. The van der Waals surface area contributed by atoms with Crippen molar-refractivity contribution in [3.05, 3.63) is 35.4 Å². The van der Waals surface area contributed by atoms with Crippen molar-refractivity contribution in [2.24, 2.45) is 5.92 Å².